The van der Waals surface area contributed by atoms with Crippen molar-refractivity contribution < 1.29 is 17.9 Å². The van der Waals surface area contributed by atoms with Crippen molar-refractivity contribution in [1.29, 1.82) is 0 Å². The van der Waals surface area contributed by atoms with Gasteiger partial charge < -0.3 is 10.5 Å². The normalized spacial score (nSPS) is 14.8. The van der Waals surface area contributed by atoms with Crippen molar-refractivity contribution in [3.8, 4) is 5.75 Å². The average molecular weight is 299 g/mol. The molecule has 0 aliphatic carbocycles. The zero-order valence-electron chi connectivity index (χ0n) is 11.6. The number of hydrogen-bond acceptors (Lipinski definition) is 3. The summed E-state index contributed by atoms with van der Waals surface area (Å²) in [5.41, 5.74) is 6.11. The van der Waals surface area contributed by atoms with Gasteiger partial charge >= 0.3 is 6.18 Å². The summed E-state index contributed by atoms with van der Waals surface area (Å²) in [5.74, 6) is 0.692. The molecule has 0 radical (unpaired) electrons. The van der Waals surface area contributed by atoms with Crippen LogP contribution in [0.4, 0.5) is 13.2 Å². The molecular weight excluding hydrogens is 283 g/mol. The van der Waals surface area contributed by atoms with Gasteiger partial charge in [0.1, 0.15) is 5.75 Å². The molecule has 7 heteroatoms. The quantitative estimate of drug-likeness (QED) is 0.943. The van der Waals surface area contributed by atoms with E-state index in [0.717, 1.165) is 18.0 Å². The van der Waals surface area contributed by atoms with Crippen LogP contribution < -0.4 is 10.5 Å². The summed E-state index contributed by atoms with van der Waals surface area (Å²) >= 11 is 0. The maximum atomic E-state index is 12.6. The second-order valence-corrected chi connectivity index (χ2v) is 4.75. The third-order valence-corrected chi connectivity index (χ3v) is 3.37. The minimum absolute atomic E-state index is 0.408. The fourth-order valence-corrected chi connectivity index (χ4v) is 1.98. The van der Waals surface area contributed by atoms with Crippen molar-refractivity contribution in [3.05, 3.63) is 47.8 Å². The SMILES string of the molecule is COc1ccc(C(N)C(C)n2cc(C(F)(F)F)cn2)cc1. The molecular formula is C14H16F3N3O. The summed E-state index contributed by atoms with van der Waals surface area (Å²) in [6.07, 6.45) is -2.63. The lowest BCUT2D eigenvalue weighted by atomic mass is 10.0. The third-order valence-electron chi connectivity index (χ3n) is 3.37. The largest absolute Gasteiger partial charge is 0.497 e. The van der Waals surface area contributed by atoms with Gasteiger partial charge in [-0.15, -0.1) is 0 Å². The highest BCUT2D eigenvalue weighted by atomic mass is 19.4. The van der Waals surface area contributed by atoms with E-state index in [1.807, 2.05) is 0 Å². The third kappa shape index (κ3) is 3.36. The number of alkyl halides is 3. The molecule has 1 aromatic heterocycles. The van der Waals surface area contributed by atoms with Crippen LogP contribution in [0.5, 0.6) is 5.75 Å². The van der Waals surface area contributed by atoms with Crippen molar-refractivity contribution in [1.82, 2.24) is 9.78 Å². The molecule has 2 N–H and O–H groups in total. The highest BCUT2D eigenvalue weighted by molar-refractivity contribution is 5.29. The number of aromatic nitrogens is 2. The molecule has 1 aromatic carbocycles. The lowest BCUT2D eigenvalue weighted by Crippen LogP contribution is -2.22. The maximum absolute atomic E-state index is 12.6. The molecule has 0 fully saturated rings. The summed E-state index contributed by atoms with van der Waals surface area (Å²) in [5, 5.41) is 3.75. The molecule has 0 amide bonds. The fourth-order valence-electron chi connectivity index (χ4n) is 1.98. The molecule has 2 atom stereocenters. The van der Waals surface area contributed by atoms with Gasteiger partial charge in [0.15, 0.2) is 0 Å². The Bertz CT molecular complexity index is 592. The standard InChI is InChI=1S/C14H16F3N3O/c1-9(20-8-11(7-19-20)14(15,16)17)13(18)10-3-5-12(21-2)6-4-10/h3-9,13H,18H2,1-2H3. The Morgan fingerprint density at radius 2 is 1.86 bits per heavy atom. The minimum Gasteiger partial charge on any atom is -0.497 e. The van der Waals surface area contributed by atoms with Crippen molar-refractivity contribution in [3.63, 3.8) is 0 Å². The van der Waals surface area contributed by atoms with Crippen LogP contribution in [0.15, 0.2) is 36.7 Å². The molecule has 0 aliphatic rings. The Labute approximate surface area is 120 Å². The molecule has 0 saturated carbocycles. The molecule has 2 aromatic rings. The Hall–Kier alpha value is -2.02. The molecule has 4 nitrogen and oxygen atoms in total. The van der Waals surface area contributed by atoms with Crippen LogP contribution in [0.3, 0.4) is 0 Å². The van der Waals surface area contributed by atoms with E-state index in [9.17, 15) is 13.2 Å². The predicted molar refractivity (Wildman–Crippen MR) is 71.9 cm³/mol. The predicted octanol–water partition coefficient (Wildman–Crippen LogP) is 3.17. The van der Waals surface area contributed by atoms with Crippen molar-refractivity contribution in [2.24, 2.45) is 5.73 Å². The smallest absolute Gasteiger partial charge is 0.419 e. The highest BCUT2D eigenvalue weighted by Gasteiger charge is 2.33. The first kappa shape index (κ1) is 15.4. The van der Waals surface area contributed by atoms with Crippen LogP contribution >= 0.6 is 0 Å². The zero-order valence-corrected chi connectivity index (χ0v) is 11.6. The molecule has 114 valence electrons. The van der Waals surface area contributed by atoms with Crippen molar-refractivity contribution in [2.75, 3.05) is 7.11 Å². The molecule has 2 rings (SSSR count). The van der Waals surface area contributed by atoms with E-state index < -0.39 is 23.8 Å². The Kier molecular flexibility index (Phi) is 4.22. The van der Waals surface area contributed by atoms with Gasteiger partial charge in [-0.3, -0.25) is 4.68 Å². The number of rotatable bonds is 4. The second kappa shape index (κ2) is 5.77. The van der Waals surface area contributed by atoms with Gasteiger partial charge in [-0.05, 0) is 24.6 Å². The number of hydrogen-bond donors (Lipinski definition) is 1. The molecule has 0 spiro atoms. The van der Waals surface area contributed by atoms with Gasteiger partial charge in [-0.2, -0.15) is 18.3 Å². The van der Waals surface area contributed by atoms with Crippen LogP contribution in [-0.4, -0.2) is 16.9 Å². The van der Waals surface area contributed by atoms with Crippen LogP contribution in [0.1, 0.15) is 30.1 Å². The van der Waals surface area contributed by atoms with E-state index in [-0.39, 0.29) is 0 Å². The van der Waals surface area contributed by atoms with Gasteiger partial charge in [0.25, 0.3) is 0 Å². The molecule has 1 heterocycles. The number of nitrogens with two attached hydrogens (primary N) is 1. The van der Waals surface area contributed by atoms with E-state index in [0.29, 0.717) is 5.75 Å². The van der Waals surface area contributed by atoms with E-state index in [1.165, 1.54) is 4.68 Å². The fraction of sp³-hybridized carbons (Fsp3) is 0.357. The first-order valence-electron chi connectivity index (χ1n) is 6.34. The summed E-state index contributed by atoms with van der Waals surface area (Å²) in [7, 11) is 1.56. The summed E-state index contributed by atoms with van der Waals surface area (Å²) in [6, 6.07) is 6.20. The number of nitrogens with zero attached hydrogens (tertiary/aromatic N) is 2. The first-order valence-corrected chi connectivity index (χ1v) is 6.34. The number of benzene rings is 1. The average Bonchev–Trinajstić information content (AvgIpc) is 2.95. The van der Waals surface area contributed by atoms with Gasteiger partial charge in [0, 0.05) is 6.20 Å². The Morgan fingerprint density at radius 1 is 1.24 bits per heavy atom. The van der Waals surface area contributed by atoms with Crippen LogP contribution in [0.25, 0.3) is 0 Å². The van der Waals surface area contributed by atoms with E-state index in [4.69, 9.17) is 10.5 Å². The van der Waals surface area contributed by atoms with Crippen molar-refractivity contribution >= 4 is 0 Å². The second-order valence-electron chi connectivity index (χ2n) is 4.75. The van der Waals surface area contributed by atoms with E-state index in [1.54, 1.807) is 38.3 Å². The summed E-state index contributed by atoms with van der Waals surface area (Å²) in [4.78, 5) is 0. The Balaban J connectivity index is 2.18. The van der Waals surface area contributed by atoms with Crippen molar-refractivity contribution in [2.45, 2.75) is 25.2 Å². The van der Waals surface area contributed by atoms with Gasteiger partial charge in [0.05, 0.1) is 31.0 Å². The van der Waals surface area contributed by atoms with Crippen LogP contribution in [0, 0.1) is 0 Å². The number of ether oxygens (including phenoxy) is 1. The highest BCUT2D eigenvalue weighted by Crippen LogP contribution is 2.31. The minimum atomic E-state index is -4.40. The van der Waals surface area contributed by atoms with Gasteiger partial charge in [0.2, 0.25) is 0 Å². The monoisotopic (exact) mass is 299 g/mol. The topological polar surface area (TPSA) is 53.1 Å². The first-order chi connectivity index (χ1) is 9.82. The lowest BCUT2D eigenvalue weighted by molar-refractivity contribution is -0.137. The summed E-state index contributed by atoms with van der Waals surface area (Å²) < 4.78 is 44.0. The molecule has 21 heavy (non-hydrogen) atoms. The zero-order chi connectivity index (χ0) is 15.6. The molecule has 0 saturated heterocycles. The maximum Gasteiger partial charge on any atom is 0.419 e. The van der Waals surface area contributed by atoms with E-state index in [2.05, 4.69) is 5.10 Å². The van der Waals surface area contributed by atoms with Gasteiger partial charge in [-0.25, -0.2) is 0 Å². The number of halogens is 3. The van der Waals surface area contributed by atoms with Crippen LogP contribution in [-0.2, 0) is 6.18 Å². The summed E-state index contributed by atoms with van der Waals surface area (Å²) in [6.45, 7) is 1.72. The molecule has 0 bridgehead atoms. The van der Waals surface area contributed by atoms with E-state index >= 15 is 0 Å². The molecule has 0 aliphatic heterocycles. The molecule has 2 unspecified atom stereocenters. The van der Waals surface area contributed by atoms with Gasteiger partial charge in [-0.1, -0.05) is 12.1 Å². The number of methoxy groups -OCH3 is 1. The Morgan fingerprint density at radius 3 is 2.33 bits per heavy atom. The lowest BCUT2D eigenvalue weighted by Gasteiger charge is -2.21. The van der Waals surface area contributed by atoms with Crippen LogP contribution in [0.2, 0.25) is 0 Å².